The molecule has 0 radical (unpaired) electrons. The Bertz CT molecular complexity index is 408. The van der Waals surface area contributed by atoms with E-state index in [0.717, 1.165) is 24.7 Å². The van der Waals surface area contributed by atoms with Crippen LogP contribution in [0.25, 0.3) is 0 Å². The molecule has 2 unspecified atom stereocenters. The zero-order valence-corrected chi connectivity index (χ0v) is 11.5. The topological polar surface area (TPSA) is 42.7 Å². The number of rotatable bonds is 5. The molecule has 100 valence electrons. The third-order valence-electron chi connectivity index (χ3n) is 4.47. The van der Waals surface area contributed by atoms with Gasteiger partial charge in [-0.25, -0.2) is 0 Å². The molecular weight excluding hydrogens is 224 g/mol. The van der Waals surface area contributed by atoms with E-state index in [9.17, 15) is 0 Å². The van der Waals surface area contributed by atoms with Crippen molar-refractivity contribution >= 4 is 0 Å². The first-order valence-electron chi connectivity index (χ1n) is 7.42. The summed E-state index contributed by atoms with van der Waals surface area (Å²) in [7, 11) is 0. The molecule has 1 aliphatic carbocycles. The van der Waals surface area contributed by atoms with Crippen molar-refractivity contribution in [2.45, 2.75) is 71.0 Å². The van der Waals surface area contributed by atoms with Gasteiger partial charge in [-0.2, -0.15) is 0 Å². The SMILES string of the molecule is CC(CC1CCC1)NC(C)c1nnc2n1CCC2. The van der Waals surface area contributed by atoms with E-state index in [-0.39, 0.29) is 0 Å². The maximum absolute atomic E-state index is 4.35. The number of hydrogen-bond donors (Lipinski definition) is 1. The third-order valence-corrected chi connectivity index (χ3v) is 4.47. The predicted molar refractivity (Wildman–Crippen MR) is 71.3 cm³/mol. The quantitative estimate of drug-likeness (QED) is 0.870. The van der Waals surface area contributed by atoms with Crippen LogP contribution in [0.3, 0.4) is 0 Å². The molecule has 0 saturated heterocycles. The van der Waals surface area contributed by atoms with Crippen LogP contribution in [-0.2, 0) is 13.0 Å². The summed E-state index contributed by atoms with van der Waals surface area (Å²) in [6.07, 6.45) is 7.93. The van der Waals surface area contributed by atoms with Gasteiger partial charge in [0.15, 0.2) is 0 Å². The Kier molecular flexibility index (Phi) is 3.37. The standard InChI is InChI=1S/C14H24N4/c1-10(9-12-5-3-6-12)15-11(2)14-17-16-13-7-4-8-18(13)14/h10-12,15H,3-9H2,1-2H3. The number of fused-ring (bicyclic) bond motifs is 1. The Balaban J connectivity index is 1.58. The molecule has 3 rings (SSSR count). The monoisotopic (exact) mass is 248 g/mol. The molecule has 2 aliphatic rings. The van der Waals surface area contributed by atoms with Gasteiger partial charge in [0.2, 0.25) is 0 Å². The molecule has 1 aliphatic heterocycles. The predicted octanol–water partition coefficient (Wildman–Crippen LogP) is 2.45. The Morgan fingerprint density at radius 3 is 2.83 bits per heavy atom. The van der Waals surface area contributed by atoms with E-state index < -0.39 is 0 Å². The van der Waals surface area contributed by atoms with Crippen LogP contribution >= 0.6 is 0 Å². The Morgan fingerprint density at radius 1 is 1.28 bits per heavy atom. The van der Waals surface area contributed by atoms with E-state index in [1.165, 1.54) is 37.9 Å². The second-order valence-corrected chi connectivity index (χ2v) is 6.05. The summed E-state index contributed by atoms with van der Waals surface area (Å²) in [5, 5.41) is 12.3. The van der Waals surface area contributed by atoms with Crippen LogP contribution in [0.4, 0.5) is 0 Å². The van der Waals surface area contributed by atoms with Crippen molar-refractivity contribution < 1.29 is 0 Å². The summed E-state index contributed by atoms with van der Waals surface area (Å²) in [6, 6.07) is 0.902. The van der Waals surface area contributed by atoms with Crippen molar-refractivity contribution in [2.75, 3.05) is 0 Å². The zero-order valence-electron chi connectivity index (χ0n) is 11.5. The highest BCUT2D eigenvalue weighted by molar-refractivity contribution is 5.04. The van der Waals surface area contributed by atoms with Crippen LogP contribution in [-0.4, -0.2) is 20.8 Å². The minimum atomic E-state index is 0.319. The van der Waals surface area contributed by atoms with Gasteiger partial charge in [0.05, 0.1) is 6.04 Å². The van der Waals surface area contributed by atoms with Crippen LogP contribution < -0.4 is 5.32 Å². The zero-order chi connectivity index (χ0) is 12.5. The maximum atomic E-state index is 4.35. The fraction of sp³-hybridized carbons (Fsp3) is 0.857. The molecule has 1 aromatic rings. The molecule has 18 heavy (non-hydrogen) atoms. The van der Waals surface area contributed by atoms with Crippen LogP contribution in [0.15, 0.2) is 0 Å². The summed E-state index contributed by atoms with van der Waals surface area (Å²) in [4.78, 5) is 0. The summed E-state index contributed by atoms with van der Waals surface area (Å²) in [5.74, 6) is 3.26. The summed E-state index contributed by atoms with van der Waals surface area (Å²) in [5.41, 5.74) is 0. The lowest BCUT2D eigenvalue weighted by molar-refractivity contribution is 0.258. The van der Waals surface area contributed by atoms with Crippen molar-refractivity contribution in [1.82, 2.24) is 20.1 Å². The lowest BCUT2D eigenvalue weighted by Gasteiger charge is -2.29. The van der Waals surface area contributed by atoms with Gasteiger partial charge in [0, 0.05) is 19.0 Å². The van der Waals surface area contributed by atoms with Crippen LogP contribution in [0.5, 0.6) is 0 Å². The normalized spacial score (nSPS) is 22.6. The number of aryl methyl sites for hydroxylation is 1. The van der Waals surface area contributed by atoms with E-state index in [1.54, 1.807) is 0 Å². The number of aromatic nitrogens is 3. The van der Waals surface area contributed by atoms with E-state index in [4.69, 9.17) is 0 Å². The minimum absolute atomic E-state index is 0.319. The van der Waals surface area contributed by atoms with Crippen molar-refractivity contribution in [2.24, 2.45) is 5.92 Å². The van der Waals surface area contributed by atoms with E-state index in [0.29, 0.717) is 12.1 Å². The van der Waals surface area contributed by atoms with Crippen LogP contribution in [0.2, 0.25) is 0 Å². The number of nitrogens with one attached hydrogen (secondary N) is 1. The van der Waals surface area contributed by atoms with E-state index >= 15 is 0 Å². The molecule has 0 spiro atoms. The average Bonchev–Trinajstić information content (AvgIpc) is 2.84. The molecule has 0 amide bonds. The largest absolute Gasteiger partial charge is 0.314 e. The highest BCUT2D eigenvalue weighted by Crippen LogP contribution is 2.31. The van der Waals surface area contributed by atoms with Gasteiger partial charge in [-0.1, -0.05) is 19.3 Å². The van der Waals surface area contributed by atoms with Crippen LogP contribution in [0, 0.1) is 5.92 Å². The maximum Gasteiger partial charge on any atom is 0.149 e. The first-order valence-corrected chi connectivity index (χ1v) is 7.42. The first kappa shape index (κ1) is 12.2. The summed E-state index contributed by atoms with van der Waals surface area (Å²) < 4.78 is 2.30. The van der Waals surface area contributed by atoms with Crippen LogP contribution in [0.1, 0.15) is 63.6 Å². The van der Waals surface area contributed by atoms with Crippen molar-refractivity contribution in [1.29, 1.82) is 0 Å². The van der Waals surface area contributed by atoms with Gasteiger partial charge in [-0.05, 0) is 32.6 Å². The third kappa shape index (κ3) is 2.30. The number of hydrogen-bond acceptors (Lipinski definition) is 3. The fourth-order valence-corrected chi connectivity index (χ4v) is 3.29. The molecule has 1 fully saturated rings. The summed E-state index contributed by atoms with van der Waals surface area (Å²) >= 11 is 0. The Hall–Kier alpha value is -0.900. The number of nitrogens with zero attached hydrogens (tertiary/aromatic N) is 3. The second-order valence-electron chi connectivity index (χ2n) is 6.05. The van der Waals surface area contributed by atoms with Gasteiger partial charge >= 0.3 is 0 Å². The van der Waals surface area contributed by atoms with Gasteiger partial charge in [0.1, 0.15) is 11.6 Å². The van der Waals surface area contributed by atoms with Crippen molar-refractivity contribution in [3.63, 3.8) is 0 Å². The van der Waals surface area contributed by atoms with E-state index in [1.807, 2.05) is 0 Å². The fourth-order valence-electron chi connectivity index (χ4n) is 3.29. The molecule has 4 nitrogen and oxygen atoms in total. The molecule has 0 aromatic carbocycles. The minimum Gasteiger partial charge on any atom is -0.314 e. The molecule has 1 saturated carbocycles. The second kappa shape index (κ2) is 5.00. The molecule has 4 heteroatoms. The highest BCUT2D eigenvalue weighted by atomic mass is 15.3. The summed E-state index contributed by atoms with van der Waals surface area (Å²) in [6.45, 7) is 5.61. The van der Waals surface area contributed by atoms with Crippen molar-refractivity contribution in [3.8, 4) is 0 Å². The average molecular weight is 248 g/mol. The van der Waals surface area contributed by atoms with Gasteiger partial charge < -0.3 is 9.88 Å². The van der Waals surface area contributed by atoms with Gasteiger partial charge in [-0.3, -0.25) is 0 Å². The smallest absolute Gasteiger partial charge is 0.149 e. The molecule has 2 atom stereocenters. The Morgan fingerprint density at radius 2 is 2.11 bits per heavy atom. The molecular formula is C14H24N4. The first-order chi connectivity index (χ1) is 8.74. The molecule has 0 bridgehead atoms. The van der Waals surface area contributed by atoms with Gasteiger partial charge in [-0.15, -0.1) is 10.2 Å². The molecule has 2 heterocycles. The lowest BCUT2D eigenvalue weighted by atomic mass is 9.81. The van der Waals surface area contributed by atoms with Crippen molar-refractivity contribution in [3.05, 3.63) is 11.6 Å². The van der Waals surface area contributed by atoms with E-state index in [2.05, 4.69) is 33.9 Å². The highest BCUT2D eigenvalue weighted by Gasteiger charge is 2.24. The molecule has 1 aromatic heterocycles. The lowest BCUT2D eigenvalue weighted by Crippen LogP contribution is -2.33. The molecule has 1 N–H and O–H groups in total. The van der Waals surface area contributed by atoms with Gasteiger partial charge in [0.25, 0.3) is 0 Å². The Labute approximate surface area is 109 Å².